The van der Waals surface area contributed by atoms with E-state index in [2.05, 4.69) is 18.7 Å². The SMILES string of the molecule is CC(C)(C=O)CC(C)(C)N1CCCCCC1. The van der Waals surface area contributed by atoms with Crippen LogP contribution in [0.15, 0.2) is 0 Å². The lowest BCUT2D eigenvalue weighted by Crippen LogP contribution is -2.47. The first-order chi connectivity index (χ1) is 7.37. The summed E-state index contributed by atoms with van der Waals surface area (Å²) in [4.78, 5) is 13.6. The zero-order valence-electron chi connectivity index (χ0n) is 11.4. The highest BCUT2D eigenvalue weighted by molar-refractivity contribution is 5.58. The van der Waals surface area contributed by atoms with Crippen LogP contribution in [-0.2, 0) is 4.79 Å². The maximum atomic E-state index is 11.0. The molecule has 2 nitrogen and oxygen atoms in total. The molecular formula is C14H27NO. The summed E-state index contributed by atoms with van der Waals surface area (Å²) in [6, 6.07) is 0. The van der Waals surface area contributed by atoms with Gasteiger partial charge in [0.25, 0.3) is 0 Å². The van der Waals surface area contributed by atoms with Crippen molar-refractivity contribution in [3.8, 4) is 0 Å². The van der Waals surface area contributed by atoms with Crippen molar-refractivity contribution in [2.75, 3.05) is 13.1 Å². The van der Waals surface area contributed by atoms with Gasteiger partial charge in [0, 0.05) is 11.0 Å². The Kier molecular flexibility index (Phi) is 4.54. The molecule has 0 atom stereocenters. The van der Waals surface area contributed by atoms with E-state index < -0.39 is 0 Å². The summed E-state index contributed by atoms with van der Waals surface area (Å²) in [6.07, 6.45) is 7.40. The van der Waals surface area contributed by atoms with Gasteiger partial charge >= 0.3 is 0 Å². The summed E-state index contributed by atoms with van der Waals surface area (Å²) >= 11 is 0. The Labute approximate surface area is 100 Å². The number of hydrogen-bond acceptors (Lipinski definition) is 2. The van der Waals surface area contributed by atoms with Gasteiger partial charge in [0.15, 0.2) is 0 Å². The van der Waals surface area contributed by atoms with Crippen LogP contribution >= 0.6 is 0 Å². The summed E-state index contributed by atoms with van der Waals surface area (Å²) in [6.45, 7) is 11.0. The van der Waals surface area contributed by atoms with Gasteiger partial charge in [-0.05, 0) is 46.2 Å². The van der Waals surface area contributed by atoms with Crippen LogP contribution in [0.5, 0.6) is 0 Å². The van der Waals surface area contributed by atoms with Gasteiger partial charge < -0.3 is 4.79 Å². The lowest BCUT2D eigenvalue weighted by atomic mass is 9.80. The van der Waals surface area contributed by atoms with Gasteiger partial charge in [0.2, 0.25) is 0 Å². The number of aldehydes is 1. The monoisotopic (exact) mass is 225 g/mol. The van der Waals surface area contributed by atoms with E-state index in [1.54, 1.807) is 0 Å². The number of nitrogens with zero attached hydrogens (tertiary/aromatic N) is 1. The summed E-state index contributed by atoms with van der Waals surface area (Å²) in [5, 5.41) is 0. The Morgan fingerprint density at radius 2 is 1.50 bits per heavy atom. The van der Waals surface area contributed by atoms with E-state index in [4.69, 9.17) is 0 Å². The zero-order valence-corrected chi connectivity index (χ0v) is 11.4. The van der Waals surface area contributed by atoms with Gasteiger partial charge in [-0.15, -0.1) is 0 Å². The zero-order chi connectivity index (χ0) is 12.2. The second-order valence-electron chi connectivity index (χ2n) is 6.50. The van der Waals surface area contributed by atoms with Crippen molar-refractivity contribution < 1.29 is 4.79 Å². The summed E-state index contributed by atoms with van der Waals surface area (Å²) in [5.41, 5.74) is -0.0510. The fourth-order valence-corrected chi connectivity index (χ4v) is 2.94. The van der Waals surface area contributed by atoms with Crippen LogP contribution in [0.25, 0.3) is 0 Å². The van der Waals surface area contributed by atoms with E-state index in [1.807, 2.05) is 13.8 Å². The molecule has 0 bridgehead atoms. The van der Waals surface area contributed by atoms with Crippen LogP contribution in [0.3, 0.4) is 0 Å². The number of carbonyl (C=O) groups is 1. The first-order valence-electron chi connectivity index (χ1n) is 6.59. The number of carbonyl (C=O) groups excluding carboxylic acids is 1. The van der Waals surface area contributed by atoms with E-state index in [0.717, 1.165) is 12.7 Å². The third-order valence-electron chi connectivity index (χ3n) is 3.67. The summed E-state index contributed by atoms with van der Waals surface area (Å²) < 4.78 is 0. The number of likely N-dealkylation sites (tertiary alicyclic amines) is 1. The normalized spacial score (nSPS) is 20.5. The smallest absolute Gasteiger partial charge is 0.125 e. The maximum absolute atomic E-state index is 11.0. The largest absolute Gasteiger partial charge is 0.303 e. The quantitative estimate of drug-likeness (QED) is 0.684. The average molecular weight is 225 g/mol. The van der Waals surface area contributed by atoms with Crippen molar-refractivity contribution in [2.24, 2.45) is 5.41 Å². The minimum Gasteiger partial charge on any atom is -0.303 e. The molecule has 0 N–H and O–H groups in total. The van der Waals surface area contributed by atoms with E-state index in [0.29, 0.717) is 0 Å². The second kappa shape index (κ2) is 5.31. The lowest BCUT2D eigenvalue weighted by molar-refractivity contribution is -0.116. The Balaban J connectivity index is 2.63. The van der Waals surface area contributed by atoms with Crippen molar-refractivity contribution in [3.05, 3.63) is 0 Å². The molecule has 0 aromatic rings. The van der Waals surface area contributed by atoms with Crippen LogP contribution in [0, 0.1) is 5.41 Å². The maximum Gasteiger partial charge on any atom is 0.125 e. The van der Waals surface area contributed by atoms with Gasteiger partial charge in [0.1, 0.15) is 6.29 Å². The van der Waals surface area contributed by atoms with Crippen LogP contribution in [0.1, 0.15) is 59.8 Å². The molecule has 0 aromatic heterocycles. The van der Waals surface area contributed by atoms with Gasteiger partial charge in [0.05, 0.1) is 0 Å². The molecule has 1 heterocycles. The van der Waals surface area contributed by atoms with Gasteiger partial charge in [-0.1, -0.05) is 26.7 Å². The molecule has 0 spiro atoms. The highest BCUT2D eigenvalue weighted by Gasteiger charge is 2.33. The first-order valence-corrected chi connectivity index (χ1v) is 6.59. The molecule has 1 aliphatic rings. The van der Waals surface area contributed by atoms with E-state index in [1.165, 1.54) is 38.8 Å². The van der Waals surface area contributed by atoms with Gasteiger partial charge in [-0.3, -0.25) is 4.90 Å². The Morgan fingerprint density at radius 1 is 1.00 bits per heavy atom. The molecule has 1 aliphatic heterocycles. The Bertz CT molecular complexity index is 225. The predicted molar refractivity (Wildman–Crippen MR) is 68.6 cm³/mol. The molecule has 0 aromatic carbocycles. The second-order valence-corrected chi connectivity index (χ2v) is 6.50. The minimum atomic E-state index is -0.199. The van der Waals surface area contributed by atoms with Crippen molar-refractivity contribution in [1.82, 2.24) is 4.90 Å². The molecule has 0 radical (unpaired) electrons. The molecular weight excluding hydrogens is 198 g/mol. The molecule has 16 heavy (non-hydrogen) atoms. The minimum absolute atomic E-state index is 0.148. The van der Waals surface area contributed by atoms with Gasteiger partial charge in [-0.2, -0.15) is 0 Å². The number of rotatable bonds is 4. The average Bonchev–Trinajstić information content (AvgIpc) is 2.44. The summed E-state index contributed by atoms with van der Waals surface area (Å²) in [7, 11) is 0. The van der Waals surface area contributed by atoms with Crippen LogP contribution in [0.4, 0.5) is 0 Å². The van der Waals surface area contributed by atoms with Gasteiger partial charge in [-0.25, -0.2) is 0 Å². The molecule has 1 saturated heterocycles. The molecule has 0 aliphatic carbocycles. The standard InChI is InChI=1S/C14H27NO/c1-13(2,12-16)11-14(3,4)15-9-7-5-6-8-10-15/h12H,5-11H2,1-4H3. The highest BCUT2D eigenvalue weighted by Crippen LogP contribution is 2.31. The van der Waals surface area contributed by atoms with Crippen molar-refractivity contribution in [3.63, 3.8) is 0 Å². The molecule has 94 valence electrons. The number of hydrogen-bond donors (Lipinski definition) is 0. The van der Waals surface area contributed by atoms with E-state index >= 15 is 0 Å². The van der Waals surface area contributed by atoms with Crippen LogP contribution in [0.2, 0.25) is 0 Å². The summed E-state index contributed by atoms with van der Waals surface area (Å²) in [5.74, 6) is 0. The Morgan fingerprint density at radius 3 is 1.94 bits per heavy atom. The molecule has 0 amide bonds. The molecule has 2 heteroatoms. The molecule has 0 saturated carbocycles. The fourth-order valence-electron chi connectivity index (χ4n) is 2.94. The third kappa shape index (κ3) is 3.89. The molecule has 0 unspecified atom stereocenters. The van der Waals surface area contributed by atoms with E-state index in [9.17, 15) is 4.79 Å². The van der Waals surface area contributed by atoms with Crippen molar-refractivity contribution in [1.29, 1.82) is 0 Å². The van der Waals surface area contributed by atoms with E-state index in [-0.39, 0.29) is 11.0 Å². The third-order valence-corrected chi connectivity index (χ3v) is 3.67. The first kappa shape index (κ1) is 13.7. The highest BCUT2D eigenvalue weighted by atomic mass is 16.1. The lowest BCUT2D eigenvalue weighted by Gasteiger charge is -2.41. The van der Waals surface area contributed by atoms with Crippen LogP contribution in [-0.4, -0.2) is 29.8 Å². The van der Waals surface area contributed by atoms with Crippen molar-refractivity contribution >= 4 is 6.29 Å². The van der Waals surface area contributed by atoms with Crippen LogP contribution < -0.4 is 0 Å². The van der Waals surface area contributed by atoms with Crippen molar-refractivity contribution in [2.45, 2.75) is 65.3 Å². The molecule has 1 rings (SSSR count). The molecule has 1 fully saturated rings. The topological polar surface area (TPSA) is 20.3 Å². The fraction of sp³-hybridized carbons (Fsp3) is 0.929. The predicted octanol–water partition coefficient (Wildman–Crippen LogP) is 3.26. The Hall–Kier alpha value is -0.370.